The fraction of sp³-hybridized carbons (Fsp3) is 0.158. The number of benzene rings is 2. The topological polar surface area (TPSA) is 49.7 Å². The standard InChI is InChI=1S/C19H18O3/c1-22-14-17(19(21)16-10-6-3-7-11-16)18(20)13-12-15-8-4-2-5-9-15/h2-11,18,20-21H,14H2,1H3/b19-17-. The van der Waals surface area contributed by atoms with Crippen molar-refractivity contribution in [2.45, 2.75) is 6.10 Å². The number of aliphatic hydroxyl groups excluding tert-OH is 2. The molecule has 0 aliphatic heterocycles. The Morgan fingerprint density at radius 3 is 2.23 bits per heavy atom. The van der Waals surface area contributed by atoms with E-state index in [1.807, 2.05) is 48.5 Å². The first-order chi connectivity index (χ1) is 10.7. The van der Waals surface area contributed by atoms with Crippen molar-refractivity contribution < 1.29 is 14.9 Å². The second-order valence-corrected chi connectivity index (χ2v) is 4.71. The zero-order valence-electron chi connectivity index (χ0n) is 12.4. The van der Waals surface area contributed by atoms with Crippen molar-refractivity contribution in [3.63, 3.8) is 0 Å². The van der Waals surface area contributed by atoms with Gasteiger partial charge in [-0.2, -0.15) is 0 Å². The minimum atomic E-state index is -1.10. The second kappa shape index (κ2) is 8.04. The van der Waals surface area contributed by atoms with E-state index in [4.69, 9.17) is 4.74 Å². The molecule has 1 atom stereocenters. The normalized spacial score (nSPS) is 12.8. The molecule has 2 N–H and O–H groups in total. The second-order valence-electron chi connectivity index (χ2n) is 4.71. The molecule has 0 aliphatic rings. The highest BCUT2D eigenvalue weighted by Gasteiger charge is 2.15. The summed E-state index contributed by atoms with van der Waals surface area (Å²) in [7, 11) is 1.51. The van der Waals surface area contributed by atoms with Crippen molar-refractivity contribution in [3.05, 3.63) is 77.4 Å². The smallest absolute Gasteiger partial charge is 0.142 e. The Hall–Kier alpha value is -2.54. The van der Waals surface area contributed by atoms with E-state index < -0.39 is 6.10 Å². The van der Waals surface area contributed by atoms with Crippen LogP contribution in [0.15, 0.2) is 66.2 Å². The van der Waals surface area contributed by atoms with Gasteiger partial charge in [0, 0.05) is 23.8 Å². The Balaban J connectivity index is 2.30. The van der Waals surface area contributed by atoms with Crippen LogP contribution >= 0.6 is 0 Å². The molecule has 0 aliphatic carbocycles. The number of hydrogen-bond donors (Lipinski definition) is 2. The summed E-state index contributed by atoms with van der Waals surface area (Å²) in [6.07, 6.45) is -1.10. The van der Waals surface area contributed by atoms with Crippen LogP contribution in [0.3, 0.4) is 0 Å². The van der Waals surface area contributed by atoms with Gasteiger partial charge in [-0.05, 0) is 12.1 Å². The SMILES string of the molecule is COC/C(=C(/O)c1ccccc1)C(O)C#Cc1ccccc1. The van der Waals surface area contributed by atoms with Gasteiger partial charge in [-0.15, -0.1) is 0 Å². The molecule has 0 spiro atoms. The molecule has 0 saturated carbocycles. The van der Waals surface area contributed by atoms with Gasteiger partial charge in [0.25, 0.3) is 0 Å². The number of ether oxygens (including phenoxy) is 1. The number of hydrogen-bond acceptors (Lipinski definition) is 3. The number of rotatable bonds is 4. The van der Waals surface area contributed by atoms with Gasteiger partial charge in [0.2, 0.25) is 0 Å². The van der Waals surface area contributed by atoms with E-state index in [9.17, 15) is 10.2 Å². The molecule has 112 valence electrons. The zero-order chi connectivity index (χ0) is 15.8. The molecule has 0 radical (unpaired) electrons. The first-order valence-corrected chi connectivity index (χ1v) is 6.93. The monoisotopic (exact) mass is 294 g/mol. The summed E-state index contributed by atoms with van der Waals surface area (Å²) in [5.41, 5.74) is 1.77. The predicted molar refractivity (Wildman–Crippen MR) is 87.2 cm³/mol. The van der Waals surface area contributed by atoms with E-state index in [1.165, 1.54) is 7.11 Å². The molecule has 0 saturated heterocycles. The van der Waals surface area contributed by atoms with Crippen molar-refractivity contribution in [2.24, 2.45) is 0 Å². The van der Waals surface area contributed by atoms with Gasteiger partial charge in [-0.3, -0.25) is 0 Å². The molecule has 3 heteroatoms. The molecule has 0 fully saturated rings. The lowest BCUT2D eigenvalue weighted by molar-refractivity contribution is 0.187. The number of aliphatic hydroxyl groups is 2. The third-order valence-electron chi connectivity index (χ3n) is 3.11. The molecule has 2 aromatic rings. The summed E-state index contributed by atoms with van der Waals surface area (Å²) < 4.78 is 5.07. The molecule has 0 heterocycles. The van der Waals surface area contributed by atoms with Crippen molar-refractivity contribution in [1.82, 2.24) is 0 Å². The lowest BCUT2D eigenvalue weighted by atomic mass is 10.0. The lowest BCUT2D eigenvalue weighted by Crippen LogP contribution is -2.15. The summed E-state index contributed by atoms with van der Waals surface area (Å²) in [6, 6.07) is 18.4. The molecule has 0 aromatic heterocycles. The Morgan fingerprint density at radius 1 is 1.05 bits per heavy atom. The molecule has 2 rings (SSSR count). The van der Waals surface area contributed by atoms with Gasteiger partial charge >= 0.3 is 0 Å². The highest BCUT2D eigenvalue weighted by molar-refractivity contribution is 5.63. The minimum Gasteiger partial charge on any atom is -0.507 e. The van der Waals surface area contributed by atoms with Crippen molar-refractivity contribution >= 4 is 5.76 Å². The third kappa shape index (κ3) is 4.23. The average Bonchev–Trinajstić information content (AvgIpc) is 2.58. The van der Waals surface area contributed by atoms with Crippen LogP contribution in [0, 0.1) is 11.8 Å². The quantitative estimate of drug-likeness (QED) is 0.673. The van der Waals surface area contributed by atoms with Crippen LogP contribution in [0.25, 0.3) is 5.76 Å². The summed E-state index contributed by atoms with van der Waals surface area (Å²) in [4.78, 5) is 0. The van der Waals surface area contributed by atoms with Gasteiger partial charge in [-0.1, -0.05) is 60.4 Å². The molecule has 0 bridgehead atoms. The highest BCUT2D eigenvalue weighted by Crippen LogP contribution is 2.18. The van der Waals surface area contributed by atoms with Crippen LogP contribution in [-0.4, -0.2) is 30.0 Å². The van der Waals surface area contributed by atoms with Gasteiger partial charge in [0.05, 0.1) is 6.61 Å². The maximum absolute atomic E-state index is 10.4. The molecular weight excluding hydrogens is 276 g/mol. The molecule has 3 nitrogen and oxygen atoms in total. The van der Waals surface area contributed by atoms with Crippen LogP contribution < -0.4 is 0 Å². The van der Waals surface area contributed by atoms with E-state index in [1.54, 1.807) is 12.1 Å². The highest BCUT2D eigenvalue weighted by atomic mass is 16.5. The number of methoxy groups -OCH3 is 1. The van der Waals surface area contributed by atoms with Crippen LogP contribution in [0.2, 0.25) is 0 Å². The molecule has 0 amide bonds. The van der Waals surface area contributed by atoms with E-state index in [0.717, 1.165) is 5.56 Å². The Morgan fingerprint density at radius 2 is 1.64 bits per heavy atom. The van der Waals surface area contributed by atoms with Crippen molar-refractivity contribution in [3.8, 4) is 11.8 Å². The largest absolute Gasteiger partial charge is 0.507 e. The van der Waals surface area contributed by atoms with E-state index >= 15 is 0 Å². The summed E-state index contributed by atoms with van der Waals surface area (Å²) in [5, 5.41) is 20.6. The molecule has 1 unspecified atom stereocenters. The third-order valence-corrected chi connectivity index (χ3v) is 3.11. The maximum Gasteiger partial charge on any atom is 0.142 e. The predicted octanol–water partition coefficient (Wildman–Crippen LogP) is 3.01. The van der Waals surface area contributed by atoms with Crippen molar-refractivity contribution in [1.29, 1.82) is 0 Å². The van der Waals surface area contributed by atoms with Crippen LogP contribution in [0.4, 0.5) is 0 Å². The van der Waals surface area contributed by atoms with Crippen LogP contribution in [0.1, 0.15) is 11.1 Å². The summed E-state index contributed by atoms with van der Waals surface area (Å²) in [6.45, 7) is 0.103. The van der Waals surface area contributed by atoms with E-state index in [0.29, 0.717) is 11.1 Å². The summed E-state index contributed by atoms with van der Waals surface area (Å²) in [5.74, 6) is 5.63. The first kappa shape index (κ1) is 15.8. The molecule has 2 aromatic carbocycles. The Bertz CT molecular complexity index is 679. The van der Waals surface area contributed by atoms with Crippen LogP contribution in [-0.2, 0) is 4.74 Å². The van der Waals surface area contributed by atoms with Gasteiger partial charge in [0.15, 0.2) is 0 Å². The average molecular weight is 294 g/mol. The van der Waals surface area contributed by atoms with Gasteiger partial charge < -0.3 is 14.9 Å². The Kier molecular flexibility index (Phi) is 5.79. The van der Waals surface area contributed by atoms with E-state index in [2.05, 4.69) is 11.8 Å². The zero-order valence-corrected chi connectivity index (χ0v) is 12.4. The fourth-order valence-corrected chi connectivity index (χ4v) is 1.97. The van der Waals surface area contributed by atoms with Crippen molar-refractivity contribution in [2.75, 3.05) is 13.7 Å². The molecule has 22 heavy (non-hydrogen) atoms. The fourth-order valence-electron chi connectivity index (χ4n) is 1.97. The lowest BCUT2D eigenvalue weighted by Gasteiger charge is -2.12. The van der Waals surface area contributed by atoms with Gasteiger partial charge in [0.1, 0.15) is 11.9 Å². The maximum atomic E-state index is 10.4. The summed E-state index contributed by atoms with van der Waals surface area (Å²) >= 11 is 0. The first-order valence-electron chi connectivity index (χ1n) is 6.93. The Labute approximate surface area is 130 Å². The van der Waals surface area contributed by atoms with Crippen LogP contribution in [0.5, 0.6) is 0 Å². The van der Waals surface area contributed by atoms with Gasteiger partial charge in [-0.25, -0.2) is 0 Å². The minimum absolute atomic E-state index is 0.00249. The molecular formula is C19H18O3. The van der Waals surface area contributed by atoms with E-state index in [-0.39, 0.29) is 12.4 Å².